The van der Waals surface area contributed by atoms with E-state index in [-0.39, 0.29) is 6.42 Å². The molecule has 7 nitrogen and oxygen atoms in total. The molecule has 0 saturated heterocycles. The van der Waals surface area contributed by atoms with Crippen molar-refractivity contribution in [1.82, 2.24) is 5.32 Å². The molecule has 1 amide bonds. The first-order valence-corrected chi connectivity index (χ1v) is 6.60. The lowest BCUT2D eigenvalue weighted by molar-refractivity contribution is -0.158. The summed E-state index contributed by atoms with van der Waals surface area (Å²) in [6.45, 7) is 5.54. The highest BCUT2D eigenvalue weighted by molar-refractivity contribution is 5.87. The Bertz CT molecular complexity index is 349. The molecular formula is C13H24N2O5. The zero-order valence-electron chi connectivity index (χ0n) is 12.3. The summed E-state index contributed by atoms with van der Waals surface area (Å²) in [5, 5.41) is 11.3. The van der Waals surface area contributed by atoms with Crippen LogP contribution in [0, 0.1) is 0 Å². The van der Waals surface area contributed by atoms with Gasteiger partial charge >= 0.3 is 11.9 Å². The van der Waals surface area contributed by atoms with E-state index in [4.69, 9.17) is 15.6 Å². The number of rotatable bonds is 8. The molecule has 116 valence electrons. The number of nitrogens with one attached hydrogen (secondary N) is 1. The Balaban J connectivity index is 4.33. The van der Waals surface area contributed by atoms with Gasteiger partial charge in [-0.05, 0) is 40.2 Å². The second-order valence-corrected chi connectivity index (χ2v) is 5.49. The fourth-order valence-electron chi connectivity index (χ4n) is 1.45. The van der Waals surface area contributed by atoms with Gasteiger partial charge in [-0.2, -0.15) is 0 Å². The normalized spacial score (nSPS) is 12.6. The summed E-state index contributed by atoms with van der Waals surface area (Å²) < 4.78 is 5.03. The van der Waals surface area contributed by atoms with Crippen molar-refractivity contribution < 1.29 is 24.2 Å². The van der Waals surface area contributed by atoms with Gasteiger partial charge < -0.3 is 20.9 Å². The van der Waals surface area contributed by atoms with Crippen molar-refractivity contribution in [2.24, 2.45) is 5.73 Å². The molecule has 0 heterocycles. The zero-order chi connectivity index (χ0) is 15.8. The van der Waals surface area contributed by atoms with Crippen molar-refractivity contribution >= 4 is 17.8 Å². The van der Waals surface area contributed by atoms with Crippen LogP contribution in [-0.2, 0) is 19.1 Å². The van der Waals surface area contributed by atoms with Gasteiger partial charge in [-0.1, -0.05) is 0 Å². The number of amides is 1. The van der Waals surface area contributed by atoms with E-state index in [0.29, 0.717) is 19.4 Å². The molecule has 0 bridgehead atoms. The van der Waals surface area contributed by atoms with Crippen molar-refractivity contribution in [3.8, 4) is 0 Å². The van der Waals surface area contributed by atoms with Gasteiger partial charge in [0.25, 0.3) is 0 Å². The second kappa shape index (κ2) is 8.52. The predicted octanol–water partition coefficient (Wildman–Crippen LogP) is 0.417. The molecule has 0 unspecified atom stereocenters. The number of ether oxygens (including phenoxy) is 1. The number of nitrogens with two attached hydrogens (primary N) is 1. The van der Waals surface area contributed by atoms with Crippen LogP contribution >= 0.6 is 0 Å². The van der Waals surface area contributed by atoms with Crippen LogP contribution in [0.15, 0.2) is 0 Å². The van der Waals surface area contributed by atoms with Gasteiger partial charge in [-0.15, -0.1) is 0 Å². The van der Waals surface area contributed by atoms with E-state index in [2.05, 4.69) is 5.32 Å². The number of carboxylic acids is 1. The Labute approximate surface area is 118 Å². The summed E-state index contributed by atoms with van der Waals surface area (Å²) >= 11 is 0. The molecule has 1 atom stereocenters. The number of hydrogen-bond acceptors (Lipinski definition) is 5. The largest absolute Gasteiger partial charge is 0.480 e. The smallest absolute Gasteiger partial charge is 0.326 e. The fraction of sp³-hybridized carbons (Fsp3) is 0.769. The van der Waals surface area contributed by atoms with Crippen LogP contribution in [0.3, 0.4) is 0 Å². The molecule has 4 N–H and O–H groups in total. The summed E-state index contributed by atoms with van der Waals surface area (Å²) in [5.74, 6) is -2.33. The maximum atomic E-state index is 11.6. The molecule has 0 aromatic carbocycles. The minimum atomic E-state index is -1.27. The average Bonchev–Trinajstić information content (AvgIpc) is 2.25. The lowest BCUT2D eigenvalue weighted by Gasteiger charge is -2.21. The Morgan fingerprint density at radius 2 is 1.85 bits per heavy atom. The van der Waals surface area contributed by atoms with Crippen LogP contribution in [0.2, 0.25) is 0 Å². The van der Waals surface area contributed by atoms with Crippen molar-refractivity contribution in [3.63, 3.8) is 0 Å². The molecule has 0 aromatic heterocycles. The third-order valence-electron chi connectivity index (χ3n) is 2.28. The number of unbranched alkanes of at least 4 members (excludes halogenated alkanes) is 1. The van der Waals surface area contributed by atoms with Gasteiger partial charge in [-0.3, -0.25) is 9.59 Å². The van der Waals surface area contributed by atoms with Crippen molar-refractivity contribution in [2.75, 3.05) is 6.54 Å². The van der Waals surface area contributed by atoms with E-state index in [1.54, 1.807) is 20.8 Å². The molecule has 0 rings (SSSR count). The Morgan fingerprint density at radius 3 is 2.30 bits per heavy atom. The molecule has 7 heteroatoms. The molecule has 0 spiro atoms. The topological polar surface area (TPSA) is 119 Å². The van der Waals surface area contributed by atoms with E-state index in [0.717, 1.165) is 0 Å². The van der Waals surface area contributed by atoms with E-state index in [9.17, 15) is 14.4 Å². The van der Waals surface area contributed by atoms with E-state index < -0.39 is 35.9 Å². The Morgan fingerprint density at radius 1 is 1.25 bits per heavy atom. The third-order valence-corrected chi connectivity index (χ3v) is 2.28. The van der Waals surface area contributed by atoms with Crippen LogP contribution in [0.25, 0.3) is 0 Å². The van der Waals surface area contributed by atoms with Gasteiger partial charge in [0, 0.05) is 6.42 Å². The summed E-state index contributed by atoms with van der Waals surface area (Å²) in [6, 6.07) is -1.27. The quantitative estimate of drug-likeness (QED) is 0.440. The van der Waals surface area contributed by atoms with Gasteiger partial charge in [-0.25, -0.2) is 4.79 Å². The van der Waals surface area contributed by atoms with Crippen LogP contribution < -0.4 is 11.1 Å². The van der Waals surface area contributed by atoms with Crippen molar-refractivity contribution in [2.45, 2.75) is 58.1 Å². The molecule has 20 heavy (non-hydrogen) atoms. The van der Waals surface area contributed by atoms with Crippen molar-refractivity contribution in [3.05, 3.63) is 0 Å². The van der Waals surface area contributed by atoms with Gasteiger partial charge in [0.05, 0.1) is 6.42 Å². The number of hydrogen-bond donors (Lipinski definition) is 3. The summed E-state index contributed by atoms with van der Waals surface area (Å²) in [5.41, 5.74) is 4.61. The van der Waals surface area contributed by atoms with E-state index in [1.165, 1.54) is 0 Å². The highest BCUT2D eigenvalue weighted by atomic mass is 16.6. The molecule has 0 aromatic rings. The predicted molar refractivity (Wildman–Crippen MR) is 72.9 cm³/mol. The molecule has 0 aliphatic carbocycles. The van der Waals surface area contributed by atoms with Crippen molar-refractivity contribution in [1.29, 1.82) is 0 Å². The molecule has 0 radical (unpaired) electrons. The van der Waals surface area contributed by atoms with Gasteiger partial charge in [0.2, 0.25) is 5.91 Å². The number of carbonyl (C=O) groups is 3. The SMILES string of the molecule is CC(C)(C)OC(=O)C[C@H](NC(=O)CCCCN)C(=O)O. The summed E-state index contributed by atoms with van der Waals surface area (Å²) in [7, 11) is 0. The molecular weight excluding hydrogens is 264 g/mol. The number of esters is 1. The van der Waals surface area contributed by atoms with E-state index in [1.807, 2.05) is 0 Å². The second-order valence-electron chi connectivity index (χ2n) is 5.49. The third kappa shape index (κ3) is 9.32. The van der Waals surface area contributed by atoms with E-state index >= 15 is 0 Å². The lowest BCUT2D eigenvalue weighted by atomic mass is 10.1. The standard InChI is InChI=1S/C13H24N2O5/c1-13(2,3)20-11(17)8-9(12(18)19)15-10(16)6-4-5-7-14/h9H,4-8,14H2,1-3H3,(H,15,16)(H,18,19)/t9-/m0/s1. The summed E-state index contributed by atoms with van der Waals surface area (Å²) in [6.07, 6.45) is 1.07. The average molecular weight is 288 g/mol. The first-order chi connectivity index (χ1) is 9.15. The van der Waals surface area contributed by atoms with Crippen LogP contribution in [0.5, 0.6) is 0 Å². The molecule has 0 aliphatic heterocycles. The van der Waals surface area contributed by atoms with Gasteiger partial charge in [0.1, 0.15) is 11.6 Å². The Hall–Kier alpha value is -1.63. The number of aliphatic carboxylic acids is 1. The fourth-order valence-corrected chi connectivity index (χ4v) is 1.45. The zero-order valence-corrected chi connectivity index (χ0v) is 12.3. The maximum Gasteiger partial charge on any atom is 0.326 e. The molecule has 0 fully saturated rings. The molecule has 0 saturated carbocycles. The highest BCUT2D eigenvalue weighted by Gasteiger charge is 2.26. The number of carboxylic acid groups (broad SMARTS) is 1. The maximum absolute atomic E-state index is 11.6. The first-order valence-electron chi connectivity index (χ1n) is 6.60. The van der Waals surface area contributed by atoms with Crippen LogP contribution in [0.4, 0.5) is 0 Å². The minimum Gasteiger partial charge on any atom is -0.480 e. The highest BCUT2D eigenvalue weighted by Crippen LogP contribution is 2.09. The first kappa shape index (κ1) is 18.4. The summed E-state index contributed by atoms with van der Waals surface area (Å²) in [4.78, 5) is 34.1. The van der Waals surface area contributed by atoms with Crippen LogP contribution in [-0.4, -0.2) is 41.1 Å². The minimum absolute atomic E-state index is 0.190. The Kier molecular flexibility index (Phi) is 7.83. The van der Waals surface area contributed by atoms with Gasteiger partial charge in [0.15, 0.2) is 0 Å². The van der Waals surface area contributed by atoms with Crippen LogP contribution in [0.1, 0.15) is 46.5 Å². The monoisotopic (exact) mass is 288 g/mol. The molecule has 0 aliphatic rings. The number of carbonyl (C=O) groups excluding carboxylic acids is 2. The lowest BCUT2D eigenvalue weighted by Crippen LogP contribution is -2.43.